The molecule has 3 atom stereocenters. The van der Waals surface area contributed by atoms with Gasteiger partial charge in [-0.05, 0) is 18.8 Å². The smallest absolute Gasteiger partial charge is 0.103 e. The molecule has 14 heavy (non-hydrogen) atoms. The van der Waals surface area contributed by atoms with Crippen LogP contribution in [0.3, 0.4) is 0 Å². The fourth-order valence-electron chi connectivity index (χ4n) is 2.63. The molecule has 0 aromatic rings. The van der Waals surface area contributed by atoms with Crippen molar-refractivity contribution in [2.24, 2.45) is 5.92 Å². The molecule has 0 spiro atoms. The molecule has 1 saturated heterocycles. The van der Waals surface area contributed by atoms with Crippen molar-refractivity contribution < 1.29 is 14.9 Å². The lowest BCUT2D eigenvalue weighted by Gasteiger charge is -2.36. The zero-order valence-electron chi connectivity index (χ0n) is 8.56. The number of aliphatic hydroxyl groups is 2. The van der Waals surface area contributed by atoms with Crippen molar-refractivity contribution >= 4 is 0 Å². The van der Waals surface area contributed by atoms with Gasteiger partial charge in [-0.1, -0.05) is 19.3 Å². The van der Waals surface area contributed by atoms with Crippen molar-refractivity contribution in [2.75, 3.05) is 6.61 Å². The molecule has 1 aliphatic carbocycles. The van der Waals surface area contributed by atoms with Crippen LogP contribution in [-0.4, -0.2) is 35.1 Å². The molecule has 0 aromatic heterocycles. The van der Waals surface area contributed by atoms with Crippen molar-refractivity contribution in [1.82, 2.24) is 0 Å². The third-order valence-corrected chi connectivity index (χ3v) is 3.57. The highest BCUT2D eigenvalue weighted by Gasteiger charge is 2.33. The summed E-state index contributed by atoms with van der Waals surface area (Å²) in [6, 6.07) is 0. The van der Waals surface area contributed by atoms with E-state index in [0.29, 0.717) is 18.9 Å². The summed E-state index contributed by atoms with van der Waals surface area (Å²) >= 11 is 0. The first-order valence-electron chi connectivity index (χ1n) is 5.75. The number of hydrogen-bond donors (Lipinski definition) is 2. The molecular formula is C11H20O3. The topological polar surface area (TPSA) is 49.7 Å². The summed E-state index contributed by atoms with van der Waals surface area (Å²) in [5, 5.41) is 18.9. The van der Waals surface area contributed by atoms with Crippen LogP contribution in [-0.2, 0) is 4.74 Å². The lowest BCUT2D eigenvalue weighted by molar-refractivity contribution is -0.139. The second kappa shape index (κ2) is 4.60. The average molecular weight is 200 g/mol. The molecule has 2 aliphatic rings. The first-order valence-corrected chi connectivity index (χ1v) is 5.75. The molecule has 0 aromatic carbocycles. The van der Waals surface area contributed by atoms with E-state index in [2.05, 4.69) is 0 Å². The summed E-state index contributed by atoms with van der Waals surface area (Å²) < 4.78 is 5.59. The highest BCUT2D eigenvalue weighted by atomic mass is 16.5. The summed E-state index contributed by atoms with van der Waals surface area (Å²) in [6.07, 6.45) is 5.95. The molecule has 2 fully saturated rings. The normalized spacial score (nSPS) is 41.1. The summed E-state index contributed by atoms with van der Waals surface area (Å²) in [4.78, 5) is 0. The maximum absolute atomic E-state index is 9.55. The Morgan fingerprint density at radius 2 is 1.64 bits per heavy atom. The molecule has 3 heteroatoms. The first kappa shape index (κ1) is 10.4. The van der Waals surface area contributed by atoms with Crippen molar-refractivity contribution in [3.8, 4) is 0 Å². The van der Waals surface area contributed by atoms with Crippen molar-refractivity contribution in [3.63, 3.8) is 0 Å². The van der Waals surface area contributed by atoms with Crippen LogP contribution in [0.4, 0.5) is 0 Å². The second-order valence-electron chi connectivity index (χ2n) is 4.64. The number of rotatable bonds is 1. The third-order valence-electron chi connectivity index (χ3n) is 3.57. The highest BCUT2D eigenvalue weighted by Crippen LogP contribution is 2.32. The summed E-state index contributed by atoms with van der Waals surface area (Å²) in [5.74, 6) is 0.617. The van der Waals surface area contributed by atoms with Gasteiger partial charge >= 0.3 is 0 Å². The van der Waals surface area contributed by atoms with Crippen LogP contribution >= 0.6 is 0 Å². The molecule has 1 saturated carbocycles. The van der Waals surface area contributed by atoms with Gasteiger partial charge in [0.2, 0.25) is 0 Å². The number of ether oxygens (including phenoxy) is 1. The van der Waals surface area contributed by atoms with Crippen LogP contribution in [0.15, 0.2) is 0 Å². The predicted molar refractivity (Wildman–Crippen MR) is 52.9 cm³/mol. The Morgan fingerprint density at radius 1 is 0.929 bits per heavy atom. The van der Waals surface area contributed by atoms with Gasteiger partial charge in [0, 0.05) is 6.42 Å². The van der Waals surface area contributed by atoms with E-state index in [4.69, 9.17) is 4.74 Å². The lowest BCUT2D eigenvalue weighted by atomic mass is 9.82. The Labute approximate surface area is 85.1 Å². The minimum absolute atomic E-state index is 0.189. The molecule has 3 nitrogen and oxygen atoms in total. The molecule has 0 amide bonds. The minimum Gasteiger partial charge on any atom is -0.390 e. The largest absolute Gasteiger partial charge is 0.390 e. The monoisotopic (exact) mass is 200 g/mol. The molecule has 1 aliphatic heterocycles. The van der Waals surface area contributed by atoms with Crippen molar-refractivity contribution in [1.29, 1.82) is 0 Å². The molecule has 0 radical (unpaired) electrons. The lowest BCUT2D eigenvalue weighted by Crippen LogP contribution is -2.44. The maximum atomic E-state index is 9.55. The van der Waals surface area contributed by atoms with Gasteiger partial charge in [0.15, 0.2) is 0 Å². The van der Waals surface area contributed by atoms with Gasteiger partial charge in [0.25, 0.3) is 0 Å². The van der Waals surface area contributed by atoms with E-state index in [9.17, 15) is 10.2 Å². The van der Waals surface area contributed by atoms with Crippen LogP contribution in [0.25, 0.3) is 0 Å². The van der Waals surface area contributed by atoms with E-state index < -0.39 is 12.2 Å². The third kappa shape index (κ3) is 2.27. The second-order valence-corrected chi connectivity index (χ2v) is 4.64. The van der Waals surface area contributed by atoms with Gasteiger partial charge in [-0.2, -0.15) is 0 Å². The van der Waals surface area contributed by atoms with Gasteiger partial charge in [0.05, 0.1) is 18.8 Å². The Bertz CT molecular complexity index is 177. The fourth-order valence-corrected chi connectivity index (χ4v) is 2.63. The summed E-state index contributed by atoms with van der Waals surface area (Å²) in [7, 11) is 0. The molecule has 0 bridgehead atoms. The highest BCUT2D eigenvalue weighted by molar-refractivity contribution is 4.83. The zero-order chi connectivity index (χ0) is 9.97. The minimum atomic E-state index is -0.671. The van der Waals surface area contributed by atoms with E-state index in [0.717, 1.165) is 0 Å². The zero-order valence-corrected chi connectivity index (χ0v) is 8.56. The quantitative estimate of drug-likeness (QED) is 0.666. The summed E-state index contributed by atoms with van der Waals surface area (Å²) in [5.41, 5.74) is 0. The van der Waals surface area contributed by atoms with Crippen LogP contribution in [0, 0.1) is 5.92 Å². The molecule has 1 heterocycles. The average Bonchev–Trinajstić information content (AvgIpc) is 2.23. The fraction of sp³-hybridized carbons (Fsp3) is 1.00. The number of aliphatic hydroxyl groups excluding tert-OH is 2. The molecule has 82 valence electrons. The van der Waals surface area contributed by atoms with Gasteiger partial charge in [0.1, 0.15) is 6.10 Å². The van der Waals surface area contributed by atoms with Crippen LogP contribution < -0.4 is 0 Å². The SMILES string of the molecule is O[C@@H]1CO[C@@H](C2CCCCC2)C[C@@H]1O. The van der Waals surface area contributed by atoms with Gasteiger partial charge < -0.3 is 14.9 Å². The van der Waals surface area contributed by atoms with Crippen LogP contribution in [0.2, 0.25) is 0 Å². The van der Waals surface area contributed by atoms with E-state index in [1.165, 1.54) is 32.1 Å². The Kier molecular flexibility index (Phi) is 3.42. The maximum Gasteiger partial charge on any atom is 0.103 e. The molecule has 2 N–H and O–H groups in total. The van der Waals surface area contributed by atoms with Crippen LogP contribution in [0.1, 0.15) is 38.5 Å². The van der Waals surface area contributed by atoms with Gasteiger partial charge in [-0.3, -0.25) is 0 Å². The van der Waals surface area contributed by atoms with Crippen molar-refractivity contribution in [3.05, 3.63) is 0 Å². The summed E-state index contributed by atoms with van der Waals surface area (Å²) in [6.45, 7) is 0.308. The standard InChI is InChI=1S/C11H20O3/c12-9-6-11(14-7-10(9)13)8-4-2-1-3-5-8/h8-13H,1-7H2/t9-,10+,11+/m0/s1. The van der Waals surface area contributed by atoms with E-state index >= 15 is 0 Å². The Balaban J connectivity index is 1.85. The van der Waals surface area contributed by atoms with E-state index in [1.807, 2.05) is 0 Å². The van der Waals surface area contributed by atoms with E-state index in [1.54, 1.807) is 0 Å². The molecular weight excluding hydrogens is 180 g/mol. The van der Waals surface area contributed by atoms with Crippen molar-refractivity contribution in [2.45, 2.75) is 56.8 Å². The number of hydrogen-bond acceptors (Lipinski definition) is 3. The van der Waals surface area contributed by atoms with E-state index in [-0.39, 0.29) is 6.10 Å². The van der Waals surface area contributed by atoms with Gasteiger partial charge in [-0.15, -0.1) is 0 Å². The molecule has 0 unspecified atom stereocenters. The van der Waals surface area contributed by atoms with Crippen LogP contribution in [0.5, 0.6) is 0 Å². The Hall–Kier alpha value is -0.120. The predicted octanol–water partition coefficient (Wildman–Crippen LogP) is 1.08. The first-order chi connectivity index (χ1) is 6.77. The van der Waals surface area contributed by atoms with Gasteiger partial charge in [-0.25, -0.2) is 0 Å². The Morgan fingerprint density at radius 3 is 2.29 bits per heavy atom. The molecule has 2 rings (SSSR count).